The van der Waals surface area contributed by atoms with Gasteiger partial charge in [0, 0.05) is 30.1 Å². The van der Waals surface area contributed by atoms with E-state index in [1.165, 1.54) is 6.07 Å². The van der Waals surface area contributed by atoms with E-state index in [1.807, 2.05) is 17.4 Å². The van der Waals surface area contributed by atoms with E-state index in [9.17, 15) is 4.39 Å². The summed E-state index contributed by atoms with van der Waals surface area (Å²) in [6.45, 7) is 2.77. The van der Waals surface area contributed by atoms with Crippen molar-refractivity contribution in [2.45, 2.75) is 19.4 Å². The molecule has 0 spiro atoms. The highest BCUT2D eigenvalue weighted by Gasteiger charge is 2.31. The molecule has 1 aromatic carbocycles. The van der Waals surface area contributed by atoms with Gasteiger partial charge in [0.15, 0.2) is 17.2 Å². The minimum atomic E-state index is -0.257. The molecule has 33 heavy (non-hydrogen) atoms. The lowest BCUT2D eigenvalue weighted by Crippen LogP contribution is -2.13. The standard InChI is InChI=1S/C21H17FN6O2.CH2O2/c1-11-19(24-5-4-23-11)13-6-17-21(28-10-26-27-20(13)28)25-7-14-15(22)2-3-16-18(14)12(8-29-16)9-30-17;2-1-3/h2-6,10,12,25H,7-9H2,1H3;1H,(H,2,3)/t12-;/m0./s1. The Morgan fingerprint density at radius 3 is 2.76 bits per heavy atom. The van der Waals surface area contributed by atoms with E-state index in [1.54, 1.807) is 24.8 Å². The van der Waals surface area contributed by atoms with Crippen molar-refractivity contribution in [3.63, 3.8) is 0 Å². The monoisotopic (exact) mass is 450 g/mol. The fourth-order valence-electron chi connectivity index (χ4n) is 4.23. The summed E-state index contributed by atoms with van der Waals surface area (Å²) in [6.07, 6.45) is 4.91. The summed E-state index contributed by atoms with van der Waals surface area (Å²) in [5.41, 5.74) is 4.35. The highest BCUT2D eigenvalue weighted by molar-refractivity contribution is 5.81. The molecule has 0 amide bonds. The van der Waals surface area contributed by atoms with Gasteiger partial charge in [-0.2, -0.15) is 0 Å². The number of pyridine rings is 1. The van der Waals surface area contributed by atoms with Gasteiger partial charge < -0.3 is 19.9 Å². The summed E-state index contributed by atoms with van der Waals surface area (Å²) in [5.74, 6) is 1.70. The summed E-state index contributed by atoms with van der Waals surface area (Å²) >= 11 is 0. The number of aryl methyl sites for hydroxylation is 1. The second-order valence-electron chi connectivity index (χ2n) is 7.50. The Hall–Kier alpha value is -4.28. The van der Waals surface area contributed by atoms with Crippen LogP contribution in [0.3, 0.4) is 0 Å². The number of carboxylic acid groups (broad SMARTS) is 1. The predicted molar refractivity (Wildman–Crippen MR) is 115 cm³/mol. The molecule has 0 fully saturated rings. The van der Waals surface area contributed by atoms with Gasteiger partial charge in [-0.3, -0.25) is 19.2 Å². The van der Waals surface area contributed by atoms with Crippen molar-refractivity contribution in [2.75, 3.05) is 18.5 Å². The Kier molecular flexibility index (Phi) is 5.21. The molecule has 0 saturated carbocycles. The van der Waals surface area contributed by atoms with Crippen molar-refractivity contribution in [1.82, 2.24) is 24.6 Å². The van der Waals surface area contributed by atoms with E-state index in [2.05, 4.69) is 25.5 Å². The number of nitrogens with zero attached hydrogens (tertiary/aromatic N) is 5. The van der Waals surface area contributed by atoms with Crippen LogP contribution in [0.25, 0.3) is 16.9 Å². The Morgan fingerprint density at radius 1 is 1.21 bits per heavy atom. The van der Waals surface area contributed by atoms with Crippen molar-refractivity contribution in [1.29, 1.82) is 0 Å². The molecule has 5 heterocycles. The smallest absolute Gasteiger partial charge is 0.290 e. The van der Waals surface area contributed by atoms with Gasteiger partial charge in [0.1, 0.15) is 17.9 Å². The summed E-state index contributed by atoms with van der Waals surface area (Å²) in [6, 6.07) is 5.03. The Bertz CT molecular complexity index is 1360. The van der Waals surface area contributed by atoms with Gasteiger partial charge in [-0.25, -0.2) is 4.39 Å². The van der Waals surface area contributed by atoms with Crippen molar-refractivity contribution < 1.29 is 23.8 Å². The molecule has 2 aliphatic rings. The van der Waals surface area contributed by atoms with Gasteiger partial charge in [0.2, 0.25) is 0 Å². The van der Waals surface area contributed by atoms with Crippen LogP contribution in [-0.2, 0) is 11.3 Å². The zero-order valence-corrected chi connectivity index (χ0v) is 17.5. The number of aromatic nitrogens is 5. The zero-order valence-electron chi connectivity index (χ0n) is 17.5. The number of benzene rings is 1. The predicted octanol–water partition coefficient (Wildman–Crippen LogP) is 2.82. The molecular weight excluding hydrogens is 431 g/mol. The third-order valence-corrected chi connectivity index (χ3v) is 5.66. The van der Waals surface area contributed by atoms with Gasteiger partial charge in [-0.05, 0) is 25.1 Å². The zero-order chi connectivity index (χ0) is 22.9. The van der Waals surface area contributed by atoms with Crippen LogP contribution in [0.1, 0.15) is 22.7 Å². The van der Waals surface area contributed by atoms with Crippen LogP contribution in [0, 0.1) is 12.7 Å². The minimum absolute atomic E-state index is 0.0447. The molecule has 1 atom stereocenters. The lowest BCUT2D eigenvalue weighted by atomic mass is 9.96. The molecule has 0 aliphatic carbocycles. The van der Waals surface area contributed by atoms with Crippen LogP contribution in [0.4, 0.5) is 10.2 Å². The summed E-state index contributed by atoms with van der Waals surface area (Å²) in [4.78, 5) is 17.2. The highest BCUT2D eigenvalue weighted by atomic mass is 19.1. The number of nitrogens with one attached hydrogen (secondary N) is 1. The third kappa shape index (κ3) is 3.47. The number of halogens is 1. The van der Waals surface area contributed by atoms with Crippen molar-refractivity contribution in [2.24, 2.45) is 0 Å². The number of fused-ring (bicyclic) bond motifs is 3. The first-order chi connectivity index (χ1) is 16.1. The maximum atomic E-state index is 14.7. The Labute approximate surface area is 187 Å². The molecular formula is C22H19FN6O4. The Morgan fingerprint density at radius 2 is 1.97 bits per heavy atom. The topological polar surface area (TPSA) is 124 Å². The molecule has 10 nitrogen and oxygen atoms in total. The van der Waals surface area contributed by atoms with Crippen LogP contribution in [0.5, 0.6) is 11.5 Å². The fraction of sp³-hybridized carbons (Fsp3) is 0.227. The maximum Gasteiger partial charge on any atom is 0.290 e. The molecule has 0 bridgehead atoms. The van der Waals surface area contributed by atoms with E-state index >= 15 is 0 Å². The number of hydrogen-bond donors (Lipinski definition) is 2. The summed E-state index contributed by atoms with van der Waals surface area (Å²) < 4.78 is 28.5. The number of ether oxygens (including phenoxy) is 2. The first-order valence-electron chi connectivity index (χ1n) is 10.2. The van der Waals surface area contributed by atoms with E-state index in [0.717, 1.165) is 22.6 Å². The van der Waals surface area contributed by atoms with Gasteiger partial charge >= 0.3 is 0 Å². The molecule has 6 rings (SSSR count). The second-order valence-corrected chi connectivity index (χ2v) is 7.50. The summed E-state index contributed by atoms with van der Waals surface area (Å²) in [7, 11) is 0. The van der Waals surface area contributed by atoms with Gasteiger partial charge in [0.25, 0.3) is 6.47 Å². The van der Waals surface area contributed by atoms with Crippen LogP contribution in [-0.4, -0.2) is 49.4 Å². The average Bonchev–Trinajstić information content (AvgIpc) is 3.46. The highest BCUT2D eigenvalue weighted by Crippen LogP contribution is 2.41. The average molecular weight is 450 g/mol. The first kappa shape index (κ1) is 20.6. The van der Waals surface area contributed by atoms with Crippen LogP contribution >= 0.6 is 0 Å². The van der Waals surface area contributed by atoms with E-state index in [-0.39, 0.29) is 18.2 Å². The summed E-state index contributed by atoms with van der Waals surface area (Å²) in [5, 5.41) is 18.6. The van der Waals surface area contributed by atoms with E-state index < -0.39 is 0 Å². The van der Waals surface area contributed by atoms with Gasteiger partial charge in [0.05, 0.1) is 36.1 Å². The Balaban J connectivity index is 0.000000724. The minimum Gasteiger partial charge on any atom is -0.493 e. The molecule has 2 aliphatic heterocycles. The molecule has 0 saturated heterocycles. The normalized spacial score (nSPS) is 15.9. The lowest BCUT2D eigenvalue weighted by molar-refractivity contribution is -0.122. The molecule has 2 N–H and O–H groups in total. The van der Waals surface area contributed by atoms with Crippen LogP contribution in [0.15, 0.2) is 36.9 Å². The molecule has 168 valence electrons. The quantitative estimate of drug-likeness (QED) is 0.421. The van der Waals surface area contributed by atoms with E-state index in [0.29, 0.717) is 48.2 Å². The number of rotatable bonds is 1. The van der Waals surface area contributed by atoms with Gasteiger partial charge in [-0.1, -0.05) is 0 Å². The van der Waals surface area contributed by atoms with Crippen molar-refractivity contribution >= 4 is 17.9 Å². The van der Waals surface area contributed by atoms with Gasteiger partial charge in [-0.15, -0.1) is 10.2 Å². The largest absolute Gasteiger partial charge is 0.493 e. The fourth-order valence-corrected chi connectivity index (χ4v) is 4.23. The lowest BCUT2D eigenvalue weighted by Gasteiger charge is -2.16. The van der Waals surface area contributed by atoms with Crippen molar-refractivity contribution in [3.8, 4) is 22.8 Å². The second kappa shape index (κ2) is 8.34. The molecule has 0 unspecified atom stereocenters. The molecule has 4 aromatic rings. The SMILES string of the molecule is Cc1nccnc1-c1cc2c(n3cnnc13)NCc1c(F)ccc3c1[C@@H](CO3)CO2.O=CO. The van der Waals surface area contributed by atoms with Crippen LogP contribution < -0.4 is 14.8 Å². The molecule has 0 radical (unpaired) electrons. The van der Waals surface area contributed by atoms with E-state index in [4.69, 9.17) is 19.4 Å². The van der Waals surface area contributed by atoms with Crippen molar-refractivity contribution in [3.05, 3.63) is 59.6 Å². The van der Waals surface area contributed by atoms with Crippen LogP contribution in [0.2, 0.25) is 0 Å². The maximum absolute atomic E-state index is 14.7. The number of anilines is 1. The number of hydrogen-bond acceptors (Lipinski definition) is 8. The third-order valence-electron chi connectivity index (χ3n) is 5.66. The first-order valence-corrected chi connectivity index (χ1v) is 10.2. The molecule has 11 heteroatoms. The molecule has 3 aromatic heterocycles. The number of carbonyl (C=O) groups is 1.